The van der Waals surface area contributed by atoms with Gasteiger partial charge in [0.25, 0.3) is 0 Å². The van der Waals surface area contributed by atoms with E-state index >= 15 is 0 Å². The summed E-state index contributed by atoms with van der Waals surface area (Å²) < 4.78 is 1.99. The van der Waals surface area contributed by atoms with Crippen LogP contribution in [0.15, 0.2) is 78.2 Å². The van der Waals surface area contributed by atoms with Crippen LogP contribution in [0.1, 0.15) is 11.1 Å². The van der Waals surface area contributed by atoms with Crippen molar-refractivity contribution in [1.82, 2.24) is 25.1 Å². The number of thioether (sulfide) groups is 1. The molecule has 6 nitrogen and oxygen atoms in total. The molecule has 0 saturated carbocycles. The monoisotopic (exact) mass is 449 g/mol. The zero-order valence-electron chi connectivity index (χ0n) is 16.8. The third kappa shape index (κ3) is 5.13. The third-order valence-corrected chi connectivity index (χ3v) is 5.84. The van der Waals surface area contributed by atoms with E-state index in [1.165, 1.54) is 11.8 Å². The normalized spacial score (nSPS) is 10.8. The summed E-state index contributed by atoms with van der Waals surface area (Å²) in [6.45, 7) is 2.49. The first-order valence-corrected chi connectivity index (χ1v) is 11.0. The Balaban J connectivity index is 1.53. The average molecular weight is 450 g/mol. The topological polar surface area (TPSA) is 72.7 Å². The molecule has 2 aromatic carbocycles. The fourth-order valence-electron chi connectivity index (χ4n) is 3.07. The second kappa shape index (κ2) is 9.76. The largest absolute Gasteiger partial charge is 0.351 e. The highest BCUT2D eigenvalue weighted by Crippen LogP contribution is 2.29. The minimum absolute atomic E-state index is 0.0789. The number of benzene rings is 2. The predicted molar refractivity (Wildman–Crippen MR) is 123 cm³/mol. The Morgan fingerprint density at radius 3 is 2.52 bits per heavy atom. The molecular weight excluding hydrogens is 430 g/mol. The number of hydrogen-bond donors (Lipinski definition) is 1. The van der Waals surface area contributed by atoms with Gasteiger partial charge in [-0.2, -0.15) is 0 Å². The summed E-state index contributed by atoms with van der Waals surface area (Å²) in [5.41, 5.74) is 3.96. The molecule has 0 aliphatic rings. The van der Waals surface area contributed by atoms with Gasteiger partial charge in [-0.1, -0.05) is 53.7 Å². The molecule has 0 bridgehead atoms. The van der Waals surface area contributed by atoms with Crippen molar-refractivity contribution < 1.29 is 4.79 Å². The zero-order chi connectivity index (χ0) is 21.6. The van der Waals surface area contributed by atoms with E-state index in [1.807, 2.05) is 72.2 Å². The number of carbonyl (C=O) groups excluding carboxylic acids is 1. The molecule has 0 aliphatic heterocycles. The number of aromatic nitrogens is 4. The van der Waals surface area contributed by atoms with Crippen molar-refractivity contribution in [3.05, 3.63) is 89.2 Å². The Bertz CT molecular complexity index is 1180. The van der Waals surface area contributed by atoms with E-state index in [2.05, 4.69) is 20.5 Å². The van der Waals surface area contributed by atoms with Gasteiger partial charge in [-0.25, -0.2) is 0 Å². The van der Waals surface area contributed by atoms with Crippen LogP contribution in [0, 0.1) is 6.92 Å². The van der Waals surface area contributed by atoms with Crippen molar-refractivity contribution in [3.8, 4) is 17.1 Å². The predicted octanol–water partition coefficient (Wildman–Crippen LogP) is 4.70. The molecule has 2 aromatic heterocycles. The van der Waals surface area contributed by atoms with E-state index < -0.39 is 0 Å². The molecular formula is C23H20ClN5OS. The summed E-state index contributed by atoms with van der Waals surface area (Å²) in [7, 11) is 0. The van der Waals surface area contributed by atoms with E-state index in [0.29, 0.717) is 22.5 Å². The molecule has 0 aliphatic carbocycles. The van der Waals surface area contributed by atoms with Crippen molar-refractivity contribution in [2.75, 3.05) is 5.75 Å². The van der Waals surface area contributed by atoms with Crippen LogP contribution in [-0.4, -0.2) is 31.4 Å². The number of para-hydroxylation sites is 1. The lowest BCUT2D eigenvalue weighted by Gasteiger charge is -2.13. The summed E-state index contributed by atoms with van der Waals surface area (Å²) in [4.78, 5) is 16.5. The molecule has 0 atom stereocenters. The first kappa shape index (κ1) is 21.1. The summed E-state index contributed by atoms with van der Waals surface area (Å²) >= 11 is 7.26. The highest BCUT2D eigenvalue weighted by Gasteiger charge is 2.18. The molecule has 4 rings (SSSR count). The smallest absolute Gasteiger partial charge is 0.230 e. The van der Waals surface area contributed by atoms with Gasteiger partial charge in [0.1, 0.15) is 0 Å². The Morgan fingerprint density at radius 2 is 1.77 bits per heavy atom. The highest BCUT2D eigenvalue weighted by atomic mass is 35.5. The van der Waals surface area contributed by atoms with Crippen LogP contribution in [0.2, 0.25) is 5.02 Å². The van der Waals surface area contributed by atoms with Crippen LogP contribution >= 0.6 is 23.4 Å². The molecule has 1 N–H and O–H groups in total. The number of aryl methyl sites for hydroxylation is 1. The van der Waals surface area contributed by atoms with Crippen molar-refractivity contribution in [2.24, 2.45) is 0 Å². The standard InChI is InChI=1S/C23H20ClN5OS/c1-16-4-2-3-5-20(16)29-22(18-10-12-25-13-11-18)27-28-23(29)31-15-21(30)26-14-17-6-8-19(24)9-7-17/h2-13H,14-15H2,1H3,(H,26,30). The van der Waals surface area contributed by atoms with Gasteiger partial charge in [-0.05, 0) is 48.4 Å². The van der Waals surface area contributed by atoms with Crippen LogP contribution in [0.3, 0.4) is 0 Å². The van der Waals surface area contributed by atoms with Gasteiger partial charge in [0.05, 0.1) is 11.4 Å². The SMILES string of the molecule is Cc1ccccc1-n1c(SCC(=O)NCc2ccc(Cl)cc2)nnc1-c1ccncc1. The van der Waals surface area contributed by atoms with E-state index in [4.69, 9.17) is 11.6 Å². The minimum Gasteiger partial charge on any atom is -0.351 e. The van der Waals surface area contributed by atoms with E-state index in [9.17, 15) is 4.79 Å². The number of nitrogens with zero attached hydrogens (tertiary/aromatic N) is 4. The molecule has 2 heterocycles. The molecule has 0 fully saturated rings. The lowest BCUT2D eigenvalue weighted by atomic mass is 10.2. The third-order valence-electron chi connectivity index (χ3n) is 4.66. The van der Waals surface area contributed by atoms with Crippen LogP contribution in [0.4, 0.5) is 0 Å². The number of carbonyl (C=O) groups is 1. The van der Waals surface area contributed by atoms with Crippen LogP contribution in [0.25, 0.3) is 17.1 Å². The Labute approximate surface area is 189 Å². The first-order valence-electron chi connectivity index (χ1n) is 9.67. The van der Waals surface area contributed by atoms with Gasteiger partial charge in [-0.15, -0.1) is 10.2 Å². The maximum atomic E-state index is 12.4. The number of halogens is 1. The van der Waals surface area contributed by atoms with Gasteiger partial charge < -0.3 is 5.32 Å². The number of amides is 1. The average Bonchev–Trinajstić information content (AvgIpc) is 3.22. The van der Waals surface area contributed by atoms with Gasteiger partial charge in [0, 0.05) is 29.5 Å². The maximum absolute atomic E-state index is 12.4. The van der Waals surface area contributed by atoms with E-state index in [1.54, 1.807) is 12.4 Å². The fraction of sp³-hybridized carbons (Fsp3) is 0.130. The van der Waals surface area contributed by atoms with E-state index in [-0.39, 0.29) is 11.7 Å². The fourth-order valence-corrected chi connectivity index (χ4v) is 3.97. The first-order chi connectivity index (χ1) is 15.1. The number of hydrogen-bond acceptors (Lipinski definition) is 5. The molecule has 31 heavy (non-hydrogen) atoms. The van der Waals surface area contributed by atoms with Crippen LogP contribution in [-0.2, 0) is 11.3 Å². The van der Waals surface area contributed by atoms with Crippen molar-refractivity contribution >= 4 is 29.3 Å². The number of rotatable bonds is 7. The summed E-state index contributed by atoms with van der Waals surface area (Å²) in [6, 6.07) is 19.2. The summed E-state index contributed by atoms with van der Waals surface area (Å²) in [6.07, 6.45) is 3.45. The Morgan fingerprint density at radius 1 is 1.03 bits per heavy atom. The molecule has 0 saturated heterocycles. The number of pyridine rings is 1. The lowest BCUT2D eigenvalue weighted by Crippen LogP contribution is -2.24. The van der Waals surface area contributed by atoms with Crippen molar-refractivity contribution in [1.29, 1.82) is 0 Å². The summed E-state index contributed by atoms with van der Waals surface area (Å²) in [5, 5.41) is 13.0. The summed E-state index contributed by atoms with van der Waals surface area (Å²) in [5.74, 6) is 0.860. The van der Waals surface area contributed by atoms with Gasteiger partial charge >= 0.3 is 0 Å². The molecule has 0 unspecified atom stereocenters. The molecule has 0 radical (unpaired) electrons. The quantitative estimate of drug-likeness (QED) is 0.414. The Kier molecular flexibility index (Phi) is 6.64. The van der Waals surface area contributed by atoms with Gasteiger partial charge in [0.2, 0.25) is 5.91 Å². The van der Waals surface area contributed by atoms with Crippen LogP contribution < -0.4 is 5.32 Å². The molecule has 4 aromatic rings. The number of nitrogens with one attached hydrogen (secondary N) is 1. The molecule has 8 heteroatoms. The van der Waals surface area contributed by atoms with Crippen LogP contribution in [0.5, 0.6) is 0 Å². The second-order valence-corrected chi connectivity index (χ2v) is 8.23. The maximum Gasteiger partial charge on any atom is 0.230 e. The van der Waals surface area contributed by atoms with Crippen molar-refractivity contribution in [2.45, 2.75) is 18.6 Å². The zero-order valence-corrected chi connectivity index (χ0v) is 18.4. The molecule has 1 amide bonds. The second-order valence-electron chi connectivity index (χ2n) is 6.86. The highest BCUT2D eigenvalue weighted by molar-refractivity contribution is 7.99. The van der Waals surface area contributed by atoms with Gasteiger partial charge in [0.15, 0.2) is 11.0 Å². The lowest BCUT2D eigenvalue weighted by molar-refractivity contribution is -0.118. The molecule has 156 valence electrons. The van der Waals surface area contributed by atoms with Gasteiger partial charge in [-0.3, -0.25) is 14.3 Å². The van der Waals surface area contributed by atoms with Crippen molar-refractivity contribution in [3.63, 3.8) is 0 Å². The minimum atomic E-state index is -0.0789. The Hall–Kier alpha value is -3.16. The molecule has 0 spiro atoms. The van der Waals surface area contributed by atoms with E-state index in [0.717, 1.165) is 22.4 Å².